The van der Waals surface area contributed by atoms with E-state index in [1.807, 2.05) is 32.0 Å². The van der Waals surface area contributed by atoms with Crippen molar-refractivity contribution in [2.24, 2.45) is 0 Å². The fraction of sp³-hybridized carbons (Fsp3) is 0.267. The molecule has 2 rings (SSSR count). The van der Waals surface area contributed by atoms with E-state index in [0.717, 1.165) is 16.8 Å². The lowest BCUT2D eigenvalue weighted by atomic mass is 10.1. The van der Waals surface area contributed by atoms with Crippen molar-refractivity contribution in [3.63, 3.8) is 0 Å². The molecule has 22 heavy (non-hydrogen) atoms. The number of aromatic nitrogens is 2. The van der Waals surface area contributed by atoms with E-state index in [9.17, 15) is 4.79 Å². The first-order valence-electron chi connectivity index (χ1n) is 6.80. The number of anilines is 3. The average Bonchev–Trinajstić information content (AvgIpc) is 2.41. The van der Waals surface area contributed by atoms with Crippen LogP contribution in [-0.2, 0) is 4.79 Å². The molecule has 1 atom stereocenters. The van der Waals surface area contributed by atoms with Crippen LogP contribution in [0.1, 0.15) is 18.1 Å². The van der Waals surface area contributed by atoms with Crippen LogP contribution >= 0.6 is 11.8 Å². The van der Waals surface area contributed by atoms with Gasteiger partial charge in [0.15, 0.2) is 5.16 Å². The predicted molar refractivity (Wildman–Crippen MR) is 90.7 cm³/mol. The summed E-state index contributed by atoms with van der Waals surface area (Å²) in [4.78, 5) is 20.5. The van der Waals surface area contributed by atoms with Gasteiger partial charge in [-0.15, -0.1) is 0 Å². The molecular weight excluding hydrogens is 298 g/mol. The van der Waals surface area contributed by atoms with Gasteiger partial charge in [0.1, 0.15) is 11.6 Å². The first-order valence-corrected chi connectivity index (χ1v) is 7.68. The highest BCUT2D eigenvalue weighted by Gasteiger charge is 2.18. The molecule has 5 N–H and O–H groups in total. The molecule has 0 aliphatic carbocycles. The Bertz CT molecular complexity index is 664. The van der Waals surface area contributed by atoms with Gasteiger partial charge >= 0.3 is 0 Å². The van der Waals surface area contributed by atoms with E-state index >= 15 is 0 Å². The molecule has 0 aliphatic heterocycles. The number of benzene rings is 1. The third-order valence-corrected chi connectivity index (χ3v) is 4.09. The lowest BCUT2D eigenvalue weighted by Crippen LogP contribution is -2.23. The third-order valence-electron chi connectivity index (χ3n) is 3.13. The zero-order valence-electron chi connectivity index (χ0n) is 12.8. The second kappa shape index (κ2) is 6.65. The number of nitrogens with zero attached hydrogens (tertiary/aromatic N) is 2. The number of amides is 1. The number of rotatable bonds is 4. The van der Waals surface area contributed by atoms with Gasteiger partial charge in [0.05, 0.1) is 5.25 Å². The molecule has 0 saturated carbocycles. The number of thioether (sulfide) groups is 1. The average molecular weight is 317 g/mol. The van der Waals surface area contributed by atoms with E-state index in [0.29, 0.717) is 5.16 Å². The summed E-state index contributed by atoms with van der Waals surface area (Å²) >= 11 is 1.22. The maximum atomic E-state index is 12.3. The molecule has 6 nitrogen and oxygen atoms in total. The van der Waals surface area contributed by atoms with E-state index in [2.05, 4.69) is 15.3 Å². The van der Waals surface area contributed by atoms with Crippen LogP contribution in [0.5, 0.6) is 0 Å². The molecule has 7 heteroatoms. The number of carbonyl (C=O) groups is 1. The van der Waals surface area contributed by atoms with Crippen LogP contribution in [-0.4, -0.2) is 21.1 Å². The summed E-state index contributed by atoms with van der Waals surface area (Å²) in [5.41, 5.74) is 14.1. The highest BCUT2D eigenvalue weighted by Crippen LogP contribution is 2.24. The van der Waals surface area contributed by atoms with Crippen LogP contribution in [0.4, 0.5) is 17.3 Å². The molecule has 1 heterocycles. The van der Waals surface area contributed by atoms with Crippen LogP contribution in [0.3, 0.4) is 0 Å². The minimum Gasteiger partial charge on any atom is -0.383 e. The Morgan fingerprint density at radius 1 is 1.18 bits per heavy atom. The summed E-state index contributed by atoms with van der Waals surface area (Å²) in [5, 5.41) is 2.97. The largest absolute Gasteiger partial charge is 0.383 e. The number of para-hydroxylation sites is 1. The van der Waals surface area contributed by atoms with E-state index in [1.165, 1.54) is 17.8 Å². The summed E-state index contributed by atoms with van der Waals surface area (Å²) in [5.74, 6) is 0.460. The molecule has 1 aromatic carbocycles. The lowest BCUT2D eigenvalue weighted by Gasteiger charge is -2.15. The topological polar surface area (TPSA) is 107 Å². The van der Waals surface area contributed by atoms with Gasteiger partial charge in [-0.05, 0) is 31.9 Å². The molecule has 0 aliphatic rings. The number of nitrogens with two attached hydrogens (primary N) is 2. The summed E-state index contributed by atoms with van der Waals surface area (Å²) < 4.78 is 0. The highest BCUT2D eigenvalue weighted by molar-refractivity contribution is 8.00. The maximum Gasteiger partial charge on any atom is 0.237 e. The Hall–Kier alpha value is -2.28. The van der Waals surface area contributed by atoms with Crippen molar-refractivity contribution in [3.05, 3.63) is 35.4 Å². The number of aryl methyl sites for hydroxylation is 2. The first kappa shape index (κ1) is 16.1. The number of hydrogen-bond acceptors (Lipinski definition) is 6. The second-order valence-corrected chi connectivity index (χ2v) is 6.32. The molecule has 0 unspecified atom stereocenters. The Labute approximate surface area is 133 Å². The van der Waals surface area contributed by atoms with Crippen LogP contribution in [0, 0.1) is 13.8 Å². The molecular formula is C15H19N5OS. The zero-order chi connectivity index (χ0) is 16.3. The van der Waals surface area contributed by atoms with Crippen LogP contribution < -0.4 is 16.8 Å². The normalized spacial score (nSPS) is 12.0. The van der Waals surface area contributed by atoms with Crippen LogP contribution in [0.15, 0.2) is 29.4 Å². The van der Waals surface area contributed by atoms with Gasteiger partial charge in [0.2, 0.25) is 5.91 Å². The molecule has 0 saturated heterocycles. The summed E-state index contributed by atoms with van der Waals surface area (Å²) in [6, 6.07) is 7.36. The van der Waals surface area contributed by atoms with Crippen molar-refractivity contribution in [3.8, 4) is 0 Å². The second-order valence-electron chi connectivity index (χ2n) is 5.02. The van der Waals surface area contributed by atoms with Crippen molar-refractivity contribution < 1.29 is 4.79 Å². The van der Waals surface area contributed by atoms with Crippen molar-refractivity contribution >= 4 is 35.0 Å². The molecule has 1 aromatic heterocycles. The third kappa shape index (κ3) is 3.88. The smallest absolute Gasteiger partial charge is 0.237 e. The van der Waals surface area contributed by atoms with Gasteiger partial charge in [-0.3, -0.25) is 4.79 Å². The van der Waals surface area contributed by atoms with E-state index in [-0.39, 0.29) is 22.8 Å². The lowest BCUT2D eigenvalue weighted by molar-refractivity contribution is -0.115. The van der Waals surface area contributed by atoms with Crippen molar-refractivity contribution in [1.82, 2.24) is 9.97 Å². The molecule has 0 bridgehead atoms. The summed E-state index contributed by atoms with van der Waals surface area (Å²) in [6.45, 7) is 5.71. The molecule has 0 fully saturated rings. The Kier molecular flexibility index (Phi) is 4.87. The molecule has 0 radical (unpaired) electrons. The van der Waals surface area contributed by atoms with Crippen LogP contribution in [0.25, 0.3) is 0 Å². The Balaban J connectivity index is 2.09. The van der Waals surface area contributed by atoms with Gasteiger partial charge in [-0.1, -0.05) is 30.0 Å². The standard InChI is InChI=1S/C15H19N5OS/c1-8-5-4-6-9(2)13(8)20-14(21)10(3)22-15-18-11(16)7-12(17)19-15/h4-7,10H,1-3H3,(H,20,21)(H4,16,17,18,19)/t10-/m1/s1. The summed E-state index contributed by atoms with van der Waals surface area (Å²) in [6.07, 6.45) is 0. The molecule has 0 spiro atoms. The van der Waals surface area contributed by atoms with Crippen molar-refractivity contribution in [2.45, 2.75) is 31.2 Å². The van der Waals surface area contributed by atoms with Crippen molar-refractivity contribution in [2.75, 3.05) is 16.8 Å². The van der Waals surface area contributed by atoms with Gasteiger partial charge in [-0.25, -0.2) is 9.97 Å². The minimum absolute atomic E-state index is 0.119. The number of nitrogen functional groups attached to an aromatic ring is 2. The highest BCUT2D eigenvalue weighted by atomic mass is 32.2. The van der Waals surface area contributed by atoms with Crippen LogP contribution in [0.2, 0.25) is 0 Å². The summed E-state index contributed by atoms with van der Waals surface area (Å²) in [7, 11) is 0. The quantitative estimate of drug-likeness (QED) is 0.590. The van der Waals surface area contributed by atoms with Crippen molar-refractivity contribution in [1.29, 1.82) is 0 Å². The maximum absolute atomic E-state index is 12.3. The predicted octanol–water partition coefficient (Wildman–Crippen LogP) is 2.38. The Morgan fingerprint density at radius 3 is 2.27 bits per heavy atom. The zero-order valence-corrected chi connectivity index (χ0v) is 13.6. The Morgan fingerprint density at radius 2 is 1.73 bits per heavy atom. The van der Waals surface area contributed by atoms with Gasteiger partial charge in [0.25, 0.3) is 0 Å². The minimum atomic E-state index is -0.375. The number of nitrogens with one attached hydrogen (secondary N) is 1. The fourth-order valence-electron chi connectivity index (χ4n) is 1.96. The van der Waals surface area contributed by atoms with Gasteiger partial charge < -0.3 is 16.8 Å². The molecule has 2 aromatic rings. The monoisotopic (exact) mass is 317 g/mol. The van der Waals surface area contributed by atoms with Gasteiger partial charge in [-0.2, -0.15) is 0 Å². The van der Waals surface area contributed by atoms with E-state index in [4.69, 9.17) is 11.5 Å². The molecule has 1 amide bonds. The SMILES string of the molecule is Cc1cccc(C)c1NC(=O)[C@@H](C)Sc1nc(N)cc(N)n1. The fourth-order valence-corrected chi connectivity index (χ4v) is 2.76. The van der Waals surface area contributed by atoms with Gasteiger partial charge in [0, 0.05) is 11.8 Å². The first-order chi connectivity index (χ1) is 10.4. The van der Waals surface area contributed by atoms with E-state index in [1.54, 1.807) is 6.92 Å². The molecule has 116 valence electrons. The number of carbonyl (C=O) groups excluding carboxylic acids is 1. The van der Waals surface area contributed by atoms with E-state index < -0.39 is 0 Å². The number of hydrogen-bond donors (Lipinski definition) is 3.